The minimum absolute atomic E-state index is 0.0103. The van der Waals surface area contributed by atoms with Crippen molar-refractivity contribution in [1.82, 2.24) is 20.0 Å². The van der Waals surface area contributed by atoms with Gasteiger partial charge in [0.2, 0.25) is 11.8 Å². The number of hydrogen-bond donors (Lipinski definition) is 4. The number of piperazine rings is 2. The Balaban J connectivity index is 0.000000278. The van der Waals surface area contributed by atoms with E-state index in [-0.39, 0.29) is 24.5 Å². The van der Waals surface area contributed by atoms with Gasteiger partial charge in [0, 0.05) is 108 Å². The molecule has 0 spiro atoms. The summed E-state index contributed by atoms with van der Waals surface area (Å²) >= 11 is 9.54. The van der Waals surface area contributed by atoms with Gasteiger partial charge in [-0.25, -0.2) is 0 Å². The van der Waals surface area contributed by atoms with Crippen LogP contribution in [0.25, 0.3) is 0 Å². The summed E-state index contributed by atoms with van der Waals surface area (Å²) in [6.07, 6.45) is -0.311. The molecule has 3 fully saturated rings. The Morgan fingerprint density at radius 3 is 1.48 bits per heavy atom. The summed E-state index contributed by atoms with van der Waals surface area (Å²) in [6, 6.07) is 27.1. The van der Waals surface area contributed by atoms with Crippen LogP contribution in [0.5, 0.6) is 23.0 Å². The molecule has 4 N–H and O–H groups in total. The Hall–Kier alpha value is -1.57. The van der Waals surface area contributed by atoms with E-state index in [1.165, 1.54) is 0 Å². The van der Waals surface area contributed by atoms with E-state index < -0.39 is 6.10 Å². The number of rotatable bonds is 16. The number of β-amino-alcohol motifs (C(OH)–C–C–N with tert-alkyl or cyclic N) is 1. The molecule has 3 heterocycles. The summed E-state index contributed by atoms with van der Waals surface area (Å²) in [5.41, 5.74) is 6.24. The summed E-state index contributed by atoms with van der Waals surface area (Å²) in [6.45, 7) is 18.1. The van der Waals surface area contributed by atoms with Crippen LogP contribution in [0.3, 0.4) is 0 Å². The minimum atomic E-state index is -0.594. The molecule has 3 aliphatic rings. The molecule has 0 aromatic heterocycles. The van der Waals surface area contributed by atoms with E-state index in [1.807, 2.05) is 113 Å². The van der Waals surface area contributed by atoms with Crippen LogP contribution in [0.1, 0.15) is 22.3 Å². The summed E-state index contributed by atoms with van der Waals surface area (Å²) in [4.78, 5) is 31.0. The van der Waals surface area contributed by atoms with E-state index in [4.69, 9.17) is 23.7 Å². The van der Waals surface area contributed by atoms with Gasteiger partial charge in [0.05, 0.1) is 33.9 Å². The van der Waals surface area contributed by atoms with E-state index >= 15 is 0 Å². The second-order valence-corrected chi connectivity index (χ2v) is 32.1. The topological polar surface area (TPSA) is 150 Å². The number of methoxy groups -OCH3 is 2. The fourth-order valence-electron chi connectivity index (χ4n) is 7.15. The third kappa shape index (κ3) is 23.5. The zero-order chi connectivity index (χ0) is 49.0. The third-order valence-electron chi connectivity index (χ3n) is 10.8. The van der Waals surface area contributed by atoms with Crippen LogP contribution in [0, 0.1) is 27.7 Å². The molecule has 3 saturated heterocycles. The molecule has 67 heavy (non-hydrogen) atoms. The number of benzene rings is 4. The normalized spacial score (nSPS) is 16.1. The number of aliphatic hydroxyl groups is 1. The molecule has 7 rings (SSSR count). The fourth-order valence-corrected chi connectivity index (χ4v) is 7.15. The first-order valence-corrected chi connectivity index (χ1v) is 40.7. The standard InChI is InChI=1S/C24H33N3O4.C14H21N3O.C10H12O3.I3.I2/c1-18-7-6-8-19(2)24(18)25-23(29)16-27-13-11-26(12-14-27)15-20(28)17-31-22-10-5-4-9-21(22)30-3;1-11-4-3-5-12(2)14(11)16-13(18)10-17-8-6-15-7-9-17;1-11-9-4-2-3-5-10(9)13-7-8-6-12-8;1-3-2;1-2/h4-10,20,28H,11-17H2,1-3H3,(H,25,29);3-5,15H,6-10H2,1-2H3,(H,16,18);2-5,8H,6-7H2,1H3;;/q;;;-1;. The number of ether oxygens (including phenoxy) is 5. The SMILES string of the molecule is COc1ccccc1OCC(O)CN1CCN(CC(=O)Nc2c(C)cccc2C)CC1.COc1ccccc1OCC1CO1.Cc1cccc(C)c1NC(=O)CN1CCNCC1.II.I[I-]I. The molecule has 14 nitrogen and oxygen atoms in total. The number of nitrogens with one attached hydrogen (secondary N) is 3. The van der Waals surface area contributed by atoms with Crippen molar-refractivity contribution in [3.63, 3.8) is 0 Å². The number of carbonyl (C=O) groups is 2. The number of anilines is 2. The number of aryl methyl sites for hydroxylation is 4. The van der Waals surface area contributed by atoms with Gasteiger partial charge in [0.1, 0.15) is 25.4 Å². The number of halogens is 5. The zero-order valence-corrected chi connectivity index (χ0v) is 50.0. The summed E-state index contributed by atoms with van der Waals surface area (Å²) in [7, 11) is 3.23. The number of aliphatic hydroxyl groups excluding tert-OH is 1. The van der Waals surface area contributed by atoms with Crippen molar-refractivity contribution in [2.24, 2.45) is 0 Å². The second-order valence-electron chi connectivity index (χ2n) is 15.8. The first kappa shape index (κ1) is 59.7. The fraction of sp³-hybridized carbons (Fsp3) is 0.458. The molecule has 2 atom stereocenters. The van der Waals surface area contributed by atoms with E-state index in [0.717, 1.165) is 104 Å². The Morgan fingerprint density at radius 2 is 1.06 bits per heavy atom. The second kappa shape index (κ2) is 34.7. The van der Waals surface area contributed by atoms with E-state index in [0.29, 0.717) is 51.0 Å². The maximum atomic E-state index is 12.5. The van der Waals surface area contributed by atoms with Crippen molar-refractivity contribution in [3.05, 3.63) is 107 Å². The first-order chi connectivity index (χ1) is 32.4. The average molecular weight is 1490 g/mol. The van der Waals surface area contributed by atoms with Crippen LogP contribution >= 0.6 is 74.5 Å². The van der Waals surface area contributed by atoms with Crippen LogP contribution in [0.4, 0.5) is 11.4 Å². The van der Waals surface area contributed by atoms with Crippen LogP contribution < -0.4 is 48.2 Å². The van der Waals surface area contributed by atoms with Crippen LogP contribution in [0.15, 0.2) is 84.9 Å². The molecule has 2 amide bonds. The van der Waals surface area contributed by atoms with Crippen LogP contribution in [-0.4, -0.2) is 150 Å². The summed E-state index contributed by atoms with van der Waals surface area (Å²) < 4.78 is 26.7. The molecule has 372 valence electrons. The van der Waals surface area contributed by atoms with E-state index in [9.17, 15) is 14.7 Å². The van der Waals surface area contributed by atoms with Gasteiger partial charge >= 0.3 is 50.5 Å². The summed E-state index contributed by atoms with van der Waals surface area (Å²) in [5.74, 6) is 2.92. The van der Waals surface area contributed by atoms with Crippen LogP contribution in [0.2, 0.25) is 0 Å². The first-order valence-electron chi connectivity index (χ1n) is 21.9. The summed E-state index contributed by atoms with van der Waals surface area (Å²) in [5, 5.41) is 19.7. The number of epoxide rings is 1. The zero-order valence-electron chi connectivity index (χ0n) is 39.2. The quantitative estimate of drug-likeness (QED) is 0.0833. The molecule has 0 aliphatic carbocycles. The molecule has 0 radical (unpaired) electrons. The number of amides is 2. The van der Waals surface area contributed by atoms with Gasteiger partial charge in [-0.05, 0) is 74.2 Å². The van der Waals surface area contributed by atoms with Gasteiger partial charge in [-0.3, -0.25) is 24.3 Å². The van der Waals surface area contributed by atoms with Gasteiger partial charge < -0.3 is 44.7 Å². The average Bonchev–Trinajstić information content (AvgIpc) is 4.17. The predicted molar refractivity (Wildman–Crippen MR) is 300 cm³/mol. The molecule has 0 bridgehead atoms. The van der Waals surface area contributed by atoms with Crippen molar-refractivity contribution in [2.75, 3.05) is 117 Å². The Bertz CT molecular complexity index is 2000. The third-order valence-corrected chi connectivity index (χ3v) is 10.8. The van der Waals surface area contributed by atoms with E-state index in [1.54, 1.807) is 14.2 Å². The van der Waals surface area contributed by atoms with Crippen LogP contribution in [-0.2, 0) is 14.3 Å². The monoisotopic (exact) mass is 1490 g/mol. The molecule has 19 heteroatoms. The molecule has 2 unspecified atom stereocenters. The number of nitrogens with zero attached hydrogens (tertiary/aromatic N) is 3. The Morgan fingerprint density at radius 1 is 0.672 bits per heavy atom. The van der Waals surface area contributed by atoms with Gasteiger partial charge in [0.15, 0.2) is 23.0 Å². The van der Waals surface area contributed by atoms with E-state index in [2.05, 4.69) is 105 Å². The van der Waals surface area contributed by atoms with Crippen molar-refractivity contribution < 1.29 is 51.6 Å². The van der Waals surface area contributed by atoms with Gasteiger partial charge in [-0.2, -0.15) is 0 Å². The van der Waals surface area contributed by atoms with Crippen molar-refractivity contribution in [3.8, 4) is 23.0 Å². The predicted octanol–water partition coefficient (Wildman–Crippen LogP) is 5.47. The molecule has 3 aliphatic heterocycles. The number of hydrogen-bond acceptors (Lipinski definition) is 12. The molecule has 4 aromatic carbocycles. The van der Waals surface area contributed by atoms with Crippen molar-refractivity contribution in [1.29, 1.82) is 0 Å². The molecule has 4 aromatic rings. The maximum absolute atomic E-state index is 12.5. The number of para-hydroxylation sites is 6. The van der Waals surface area contributed by atoms with Gasteiger partial charge in [-0.15, -0.1) is 0 Å². The van der Waals surface area contributed by atoms with Crippen molar-refractivity contribution in [2.45, 2.75) is 39.9 Å². The Labute approximate surface area is 451 Å². The van der Waals surface area contributed by atoms with Crippen molar-refractivity contribution >= 4 is 97.7 Å². The molecular formula is C48H66I5N6O8-. The number of carbonyl (C=O) groups excluding carboxylic acids is 2. The molecule has 0 saturated carbocycles. The van der Waals surface area contributed by atoms with Gasteiger partial charge in [-0.1, -0.05) is 60.7 Å². The molecular weight excluding hydrogens is 1420 g/mol. The Kier molecular flexibility index (Phi) is 30.9. The van der Waals surface area contributed by atoms with Gasteiger partial charge in [0.25, 0.3) is 0 Å².